The summed E-state index contributed by atoms with van der Waals surface area (Å²) in [5, 5.41) is 4.36. The van der Waals surface area contributed by atoms with Gasteiger partial charge in [0.25, 0.3) is 0 Å². The fourth-order valence-electron chi connectivity index (χ4n) is 4.07. The maximum atomic E-state index is 13.5. The summed E-state index contributed by atoms with van der Waals surface area (Å²) in [7, 11) is 0. The third-order valence-corrected chi connectivity index (χ3v) is 5.71. The second kappa shape index (κ2) is 11.2. The molecule has 2 aromatic rings. The summed E-state index contributed by atoms with van der Waals surface area (Å²) in [4.78, 5) is 39.9. The van der Waals surface area contributed by atoms with Crippen LogP contribution in [0.3, 0.4) is 0 Å². The average molecular weight is 488 g/mol. The van der Waals surface area contributed by atoms with Crippen molar-refractivity contribution >= 4 is 23.4 Å². The van der Waals surface area contributed by atoms with Gasteiger partial charge in [0.1, 0.15) is 12.1 Å². The first-order chi connectivity index (χ1) is 16.6. The van der Waals surface area contributed by atoms with E-state index in [-0.39, 0.29) is 18.7 Å². The Kier molecular flexibility index (Phi) is 8.32. The molecule has 2 aromatic carbocycles. The number of carbonyl (C=O) groups is 3. The maximum absolute atomic E-state index is 13.5. The monoisotopic (exact) mass is 487 g/mol. The van der Waals surface area contributed by atoms with E-state index >= 15 is 0 Å². The van der Waals surface area contributed by atoms with E-state index in [0.717, 1.165) is 24.1 Å². The van der Waals surface area contributed by atoms with Gasteiger partial charge in [0.05, 0.1) is 0 Å². The molecule has 0 fully saturated rings. The molecule has 186 valence electrons. The Balaban J connectivity index is 1.84. The van der Waals surface area contributed by atoms with Crippen molar-refractivity contribution in [3.8, 4) is 0 Å². The third kappa shape index (κ3) is 6.94. The molecule has 35 heavy (non-hydrogen) atoms. The van der Waals surface area contributed by atoms with E-state index in [1.165, 1.54) is 0 Å². The Labute approximate surface area is 202 Å². The van der Waals surface area contributed by atoms with Crippen molar-refractivity contribution in [2.24, 2.45) is 0 Å². The Morgan fingerprint density at radius 2 is 1.66 bits per heavy atom. The molecule has 0 spiro atoms. The zero-order chi connectivity index (χ0) is 25.6. The first-order valence-electron chi connectivity index (χ1n) is 11.3. The van der Waals surface area contributed by atoms with Crippen LogP contribution < -0.4 is 15.5 Å². The Hall–Kier alpha value is -3.62. The number of carbonyl (C=O) groups excluding carboxylic acids is 3. The summed E-state index contributed by atoms with van der Waals surface area (Å²) in [5.74, 6) is -3.48. The summed E-state index contributed by atoms with van der Waals surface area (Å²) in [6, 6.07) is 13.3. The number of nitrogens with one attached hydrogen (secondary N) is 2. The van der Waals surface area contributed by atoms with Crippen molar-refractivity contribution in [1.29, 1.82) is 0 Å². The van der Waals surface area contributed by atoms with Crippen LogP contribution in [0.4, 0.5) is 18.9 Å². The van der Waals surface area contributed by atoms with Crippen molar-refractivity contribution in [2.45, 2.75) is 50.9 Å². The molecule has 2 atom stereocenters. The molecule has 0 saturated heterocycles. The van der Waals surface area contributed by atoms with E-state index in [0.29, 0.717) is 17.7 Å². The van der Waals surface area contributed by atoms with Gasteiger partial charge in [-0.15, -0.1) is 6.58 Å². The van der Waals surface area contributed by atoms with Gasteiger partial charge in [-0.25, -0.2) is 0 Å². The molecule has 3 rings (SSSR count). The van der Waals surface area contributed by atoms with Gasteiger partial charge >= 0.3 is 12.1 Å². The quantitative estimate of drug-likeness (QED) is 0.558. The van der Waals surface area contributed by atoms with Gasteiger partial charge < -0.3 is 15.5 Å². The molecule has 6 nitrogen and oxygen atoms in total. The highest BCUT2D eigenvalue weighted by Crippen LogP contribution is 2.28. The minimum Gasteiger partial charge on any atom is -0.342 e. The van der Waals surface area contributed by atoms with Crippen LogP contribution in [-0.4, -0.2) is 42.5 Å². The lowest BCUT2D eigenvalue weighted by molar-refractivity contribution is -0.174. The van der Waals surface area contributed by atoms with Crippen molar-refractivity contribution in [3.63, 3.8) is 0 Å². The largest absolute Gasteiger partial charge is 0.471 e. The van der Waals surface area contributed by atoms with Crippen LogP contribution >= 0.6 is 0 Å². The number of aryl methyl sites for hydroxylation is 1. The summed E-state index contributed by atoms with van der Waals surface area (Å²) in [6.45, 7) is 5.98. The number of hydrogen-bond acceptors (Lipinski definition) is 3. The first-order valence-corrected chi connectivity index (χ1v) is 11.3. The zero-order valence-corrected chi connectivity index (χ0v) is 19.4. The minimum absolute atomic E-state index is 0.106. The lowest BCUT2D eigenvalue weighted by Crippen LogP contribution is -2.57. The van der Waals surface area contributed by atoms with Crippen LogP contribution in [-0.2, 0) is 27.2 Å². The highest BCUT2D eigenvalue weighted by atomic mass is 19.4. The Morgan fingerprint density at radius 1 is 1.00 bits per heavy atom. The number of alkyl halides is 3. The molecule has 1 aliphatic heterocycles. The van der Waals surface area contributed by atoms with E-state index in [4.69, 9.17) is 0 Å². The minimum atomic E-state index is -5.15. The number of rotatable bonds is 8. The van der Waals surface area contributed by atoms with Crippen molar-refractivity contribution < 1.29 is 27.6 Å². The number of anilines is 1. The predicted molar refractivity (Wildman–Crippen MR) is 127 cm³/mol. The maximum Gasteiger partial charge on any atom is 0.471 e. The molecule has 9 heteroatoms. The van der Waals surface area contributed by atoms with Gasteiger partial charge in [0.15, 0.2) is 0 Å². The van der Waals surface area contributed by atoms with Crippen LogP contribution in [0.15, 0.2) is 66.7 Å². The highest BCUT2D eigenvalue weighted by Gasteiger charge is 2.41. The lowest BCUT2D eigenvalue weighted by Gasteiger charge is -2.33. The normalized spacial score (nSPS) is 14.9. The second-order valence-corrected chi connectivity index (χ2v) is 8.66. The Morgan fingerprint density at radius 3 is 2.31 bits per heavy atom. The molecule has 3 amide bonds. The molecular formula is C26H28F3N3O3. The number of para-hydroxylation sites is 1. The van der Waals surface area contributed by atoms with Gasteiger partial charge in [0.2, 0.25) is 11.8 Å². The van der Waals surface area contributed by atoms with Crippen LogP contribution in [0, 0.1) is 0 Å². The second-order valence-electron chi connectivity index (χ2n) is 8.66. The first kappa shape index (κ1) is 26.0. The standard InChI is InChI=1S/C26H28F3N3O3/c1-17(2)15-21(24(34)32-14-8-12-19-11-6-7-13-22(19)32)30-23(33)20(31-25(35)26(27,28)29)16-18-9-4-3-5-10-18/h3-7,9-11,13,20-21H,1,8,12,14-16H2,2H3,(H,30,33)(H,31,35)/t20-,21-/m0/s1. The Bertz CT molecular complexity index is 1090. The van der Waals surface area contributed by atoms with Crippen LogP contribution in [0.1, 0.15) is 30.9 Å². The van der Waals surface area contributed by atoms with Crippen LogP contribution in [0.5, 0.6) is 0 Å². The molecule has 0 radical (unpaired) electrons. The van der Waals surface area contributed by atoms with Gasteiger partial charge in [-0.05, 0) is 43.4 Å². The number of amides is 3. The van der Waals surface area contributed by atoms with E-state index in [1.54, 1.807) is 47.5 Å². The SMILES string of the molecule is C=C(C)C[C@H](NC(=O)[C@H](Cc1ccccc1)NC(=O)C(F)(F)F)C(=O)N1CCCc2ccccc21. The lowest BCUT2D eigenvalue weighted by atomic mass is 9.99. The fraction of sp³-hybridized carbons (Fsp3) is 0.346. The van der Waals surface area contributed by atoms with Gasteiger partial charge in [-0.2, -0.15) is 13.2 Å². The predicted octanol–water partition coefficient (Wildman–Crippen LogP) is 3.71. The van der Waals surface area contributed by atoms with Crippen molar-refractivity contribution in [1.82, 2.24) is 10.6 Å². The number of hydrogen-bond donors (Lipinski definition) is 2. The molecular weight excluding hydrogens is 459 g/mol. The smallest absolute Gasteiger partial charge is 0.342 e. The van der Waals surface area contributed by atoms with Gasteiger partial charge in [-0.1, -0.05) is 54.1 Å². The van der Waals surface area contributed by atoms with Crippen molar-refractivity contribution in [3.05, 3.63) is 77.9 Å². The fourth-order valence-corrected chi connectivity index (χ4v) is 4.07. The van der Waals surface area contributed by atoms with Gasteiger partial charge in [-0.3, -0.25) is 14.4 Å². The van der Waals surface area contributed by atoms with E-state index < -0.39 is 30.1 Å². The zero-order valence-electron chi connectivity index (χ0n) is 19.4. The average Bonchev–Trinajstić information content (AvgIpc) is 2.82. The summed E-state index contributed by atoms with van der Waals surface area (Å²) < 4.78 is 38.8. The summed E-state index contributed by atoms with van der Waals surface area (Å²) in [6.07, 6.45) is -3.65. The van der Waals surface area contributed by atoms with Crippen LogP contribution in [0.25, 0.3) is 0 Å². The van der Waals surface area contributed by atoms with E-state index in [1.807, 2.05) is 24.3 Å². The van der Waals surface area contributed by atoms with Crippen molar-refractivity contribution in [2.75, 3.05) is 11.4 Å². The molecule has 0 saturated carbocycles. The number of halogens is 3. The van der Waals surface area contributed by atoms with E-state index in [9.17, 15) is 27.6 Å². The topological polar surface area (TPSA) is 78.5 Å². The van der Waals surface area contributed by atoms with Crippen LogP contribution in [0.2, 0.25) is 0 Å². The molecule has 0 unspecified atom stereocenters. The highest BCUT2D eigenvalue weighted by molar-refractivity contribution is 6.01. The number of nitrogens with zero attached hydrogens (tertiary/aromatic N) is 1. The number of fused-ring (bicyclic) bond motifs is 1. The number of benzene rings is 2. The molecule has 1 aliphatic rings. The van der Waals surface area contributed by atoms with Gasteiger partial charge in [0, 0.05) is 18.7 Å². The molecule has 0 aliphatic carbocycles. The molecule has 1 heterocycles. The molecule has 0 aromatic heterocycles. The summed E-state index contributed by atoms with van der Waals surface area (Å²) >= 11 is 0. The summed E-state index contributed by atoms with van der Waals surface area (Å²) in [5.41, 5.74) is 2.93. The van der Waals surface area contributed by atoms with E-state index in [2.05, 4.69) is 11.9 Å². The molecule has 2 N–H and O–H groups in total. The third-order valence-electron chi connectivity index (χ3n) is 5.71. The molecule has 0 bridgehead atoms.